The maximum absolute atomic E-state index is 11.3. The van der Waals surface area contributed by atoms with Crippen molar-refractivity contribution in [1.82, 2.24) is 10.6 Å². The lowest BCUT2D eigenvalue weighted by Gasteiger charge is -2.07. The van der Waals surface area contributed by atoms with Crippen molar-refractivity contribution in [3.8, 4) is 5.75 Å². The molecule has 0 fully saturated rings. The van der Waals surface area contributed by atoms with Crippen LogP contribution in [-0.2, 0) is 0 Å². The second-order valence-corrected chi connectivity index (χ2v) is 3.67. The Morgan fingerprint density at radius 2 is 2.00 bits per heavy atom. The van der Waals surface area contributed by atoms with E-state index in [1.807, 2.05) is 33.0 Å². The first-order valence-electron chi connectivity index (χ1n) is 5.31. The third-order valence-electron chi connectivity index (χ3n) is 2.33. The van der Waals surface area contributed by atoms with E-state index in [9.17, 15) is 4.79 Å². The molecule has 0 heterocycles. The Morgan fingerprint density at radius 1 is 1.25 bits per heavy atom. The van der Waals surface area contributed by atoms with Crippen LogP contribution in [0.1, 0.15) is 11.1 Å². The minimum atomic E-state index is -0.418. The fourth-order valence-corrected chi connectivity index (χ4v) is 1.21. The maximum Gasteiger partial charge on any atom is 0.412 e. The van der Waals surface area contributed by atoms with Crippen LogP contribution in [0.15, 0.2) is 18.2 Å². The van der Waals surface area contributed by atoms with Crippen molar-refractivity contribution in [2.24, 2.45) is 0 Å². The summed E-state index contributed by atoms with van der Waals surface area (Å²) in [5.74, 6) is 0.574. The molecule has 1 amide bonds. The van der Waals surface area contributed by atoms with E-state index < -0.39 is 6.09 Å². The normalized spacial score (nSPS) is 9.94. The number of carbonyl (C=O) groups excluding carboxylic acids is 1. The fourth-order valence-electron chi connectivity index (χ4n) is 1.21. The number of carbonyl (C=O) groups is 1. The van der Waals surface area contributed by atoms with Gasteiger partial charge in [-0.15, -0.1) is 0 Å². The SMILES string of the molecule is CNCCNC(=O)Oc1ccc(C)c(C)c1. The van der Waals surface area contributed by atoms with Gasteiger partial charge in [0.1, 0.15) is 5.75 Å². The first-order chi connectivity index (χ1) is 7.63. The zero-order valence-corrected chi connectivity index (χ0v) is 9.96. The number of benzene rings is 1. The number of aryl methyl sites for hydroxylation is 2. The topological polar surface area (TPSA) is 50.4 Å². The summed E-state index contributed by atoms with van der Waals surface area (Å²) in [6.45, 7) is 5.29. The number of likely N-dealkylation sites (N-methyl/N-ethyl adjacent to an activating group) is 1. The Kier molecular flexibility index (Phi) is 4.79. The smallest absolute Gasteiger partial charge is 0.410 e. The van der Waals surface area contributed by atoms with Gasteiger partial charge in [-0.05, 0) is 44.2 Å². The molecular formula is C12H18N2O2. The molecule has 1 aromatic rings. The van der Waals surface area contributed by atoms with Crippen molar-refractivity contribution in [3.05, 3.63) is 29.3 Å². The van der Waals surface area contributed by atoms with Gasteiger partial charge in [0.15, 0.2) is 0 Å². The van der Waals surface area contributed by atoms with E-state index >= 15 is 0 Å². The monoisotopic (exact) mass is 222 g/mol. The second-order valence-electron chi connectivity index (χ2n) is 3.67. The van der Waals surface area contributed by atoms with Gasteiger partial charge >= 0.3 is 6.09 Å². The summed E-state index contributed by atoms with van der Waals surface area (Å²) >= 11 is 0. The summed E-state index contributed by atoms with van der Waals surface area (Å²) < 4.78 is 5.12. The molecule has 0 aromatic heterocycles. The maximum atomic E-state index is 11.3. The Morgan fingerprint density at radius 3 is 2.62 bits per heavy atom. The Hall–Kier alpha value is -1.55. The highest BCUT2D eigenvalue weighted by Crippen LogP contribution is 2.16. The van der Waals surface area contributed by atoms with Crippen LogP contribution in [0.25, 0.3) is 0 Å². The summed E-state index contributed by atoms with van der Waals surface area (Å²) in [4.78, 5) is 11.3. The van der Waals surface area contributed by atoms with Crippen molar-refractivity contribution < 1.29 is 9.53 Å². The second kappa shape index (κ2) is 6.12. The highest BCUT2D eigenvalue weighted by Gasteiger charge is 2.03. The number of hydrogen-bond acceptors (Lipinski definition) is 3. The molecule has 0 spiro atoms. The first kappa shape index (κ1) is 12.5. The number of rotatable bonds is 4. The molecule has 0 aliphatic carbocycles. The van der Waals surface area contributed by atoms with E-state index in [1.54, 1.807) is 6.07 Å². The fraction of sp³-hybridized carbons (Fsp3) is 0.417. The van der Waals surface area contributed by atoms with Crippen molar-refractivity contribution in [3.63, 3.8) is 0 Å². The largest absolute Gasteiger partial charge is 0.412 e. The lowest BCUT2D eigenvalue weighted by atomic mass is 10.1. The molecule has 2 N–H and O–H groups in total. The highest BCUT2D eigenvalue weighted by molar-refractivity contribution is 5.70. The zero-order chi connectivity index (χ0) is 12.0. The Bertz CT molecular complexity index is 364. The van der Waals surface area contributed by atoms with Gasteiger partial charge in [0, 0.05) is 13.1 Å². The van der Waals surface area contributed by atoms with Gasteiger partial charge in [-0.3, -0.25) is 0 Å². The van der Waals surface area contributed by atoms with Gasteiger partial charge in [-0.1, -0.05) is 6.07 Å². The molecule has 16 heavy (non-hydrogen) atoms. The molecule has 0 saturated carbocycles. The van der Waals surface area contributed by atoms with Crippen LogP contribution in [0.5, 0.6) is 5.75 Å². The van der Waals surface area contributed by atoms with E-state index in [4.69, 9.17) is 4.74 Å². The molecule has 0 unspecified atom stereocenters. The van der Waals surface area contributed by atoms with Crippen LogP contribution in [0.2, 0.25) is 0 Å². The molecular weight excluding hydrogens is 204 g/mol. The number of ether oxygens (including phenoxy) is 1. The molecule has 1 rings (SSSR count). The van der Waals surface area contributed by atoms with Crippen molar-refractivity contribution in [1.29, 1.82) is 0 Å². The predicted octanol–water partition coefficient (Wildman–Crippen LogP) is 1.61. The lowest BCUT2D eigenvalue weighted by Crippen LogP contribution is -2.32. The quantitative estimate of drug-likeness (QED) is 0.761. The molecule has 1 aromatic carbocycles. The van der Waals surface area contributed by atoms with E-state index in [0.717, 1.165) is 12.1 Å². The summed E-state index contributed by atoms with van der Waals surface area (Å²) in [5, 5.41) is 5.58. The van der Waals surface area contributed by atoms with E-state index in [0.29, 0.717) is 12.3 Å². The van der Waals surface area contributed by atoms with Gasteiger partial charge in [0.25, 0.3) is 0 Å². The van der Waals surface area contributed by atoms with E-state index in [-0.39, 0.29) is 0 Å². The molecule has 0 radical (unpaired) electrons. The van der Waals surface area contributed by atoms with Crippen molar-refractivity contribution >= 4 is 6.09 Å². The van der Waals surface area contributed by atoms with Gasteiger partial charge in [0.2, 0.25) is 0 Å². The van der Waals surface area contributed by atoms with Crippen LogP contribution < -0.4 is 15.4 Å². The van der Waals surface area contributed by atoms with Gasteiger partial charge in [-0.2, -0.15) is 0 Å². The number of amides is 1. The zero-order valence-electron chi connectivity index (χ0n) is 9.96. The summed E-state index contributed by atoms with van der Waals surface area (Å²) in [6, 6.07) is 5.58. The minimum Gasteiger partial charge on any atom is -0.410 e. The molecule has 4 heteroatoms. The summed E-state index contributed by atoms with van der Waals surface area (Å²) in [6.07, 6.45) is -0.418. The molecule has 0 bridgehead atoms. The van der Waals surface area contributed by atoms with Crippen molar-refractivity contribution in [2.45, 2.75) is 13.8 Å². The standard InChI is InChI=1S/C12H18N2O2/c1-9-4-5-11(8-10(9)2)16-12(15)14-7-6-13-3/h4-5,8,13H,6-7H2,1-3H3,(H,14,15). The molecule has 0 atom stereocenters. The van der Waals surface area contributed by atoms with Gasteiger partial charge in [-0.25, -0.2) is 4.79 Å². The Balaban J connectivity index is 2.46. The summed E-state index contributed by atoms with van der Waals surface area (Å²) in [7, 11) is 1.83. The third kappa shape index (κ3) is 3.90. The average molecular weight is 222 g/mol. The molecule has 0 aliphatic heterocycles. The average Bonchev–Trinajstić information content (AvgIpc) is 2.24. The van der Waals surface area contributed by atoms with Crippen LogP contribution in [0, 0.1) is 13.8 Å². The molecule has 0 aliphatic rings. The molecule has 0 saturated heterocycles. The lowest BCUT2D eigenvalue weighted by molar-refractivity contribution is 0.200. The Labute approximate surface area is 96.0 Å². The van der Waals surface area contributed by atoms with Gasteiger partial charge < -0.3 is 15.4 Å². The van der Waals surface area contributed by atoms with Crippen molar-refractivity contribution in [2.75, 3.05) is 20.1 Å². The summed E-state index contributed by atoms with van der Waals surface area (Å²) in [5.41, 5.74) is 2.29. The van der Waals surface area contributed by atoms with Crippen LogP contribution >= 0.6 is 0 Å². The number of hydrogen-bond donors (Lipinski definition) is 2. The van der Waals surface area contributed by atoms with E-state index in [2.05, 4.69) is 10.6 Å². The van der Waals surface area contributed by atoms with Crippen LogP contribution in [-0.4, -0.2) is 26.2 Å². The van der Waals surface area contributed by atoms with E-state index in [1.165, 1.54) is 5.56 Å². The van der Waals surface area contributed by atoms with Crippen LogP contribution in [0.4, 0.5) is 4.79 Å². The molecule has 88 valence electrons. The van der Waals surface area contributed by atoms with Gasteiger partial charge in [0.05, 0.1) is 0 Å². The number of nitrogens with one attached hydrogen (secondary N) is 2. The predicted molar refractivity (Wildman–Crippen MR) is 63.9 cm³/mol. The third-order valence-corrected chi connectivity index (χ3v) is 2.33. The van der Waals surface area contributed by atoms with Crippen LogP contribution in [0.3, 0.4) is 0 Å². The highest BCUT2D eigenvalue weighted by atomic mass is 16.6. The minimum absolute atomic E-state index is 0.418. The first-order valence-corrected chi connectivity index (χ1v) is 5.31. The molecule has 4 nitrogen and oxygen atoms in total.